The molecule has 2 aromatic carbocycles. The van der Waals surface area contributed by atoms with Gasteiger partial charge in [0.15, 0.2) is 0 Å². The van der Waals surface area contributed by atoms with Crippen molar-refractivity contribution in [3.63, 3.8) is 0 Å². The van der Waals surface area contributed by atoms with Crippen molar-refractivity contribution in [2.75, 3.05) is 26.7 Å². The van der Waals surface area contributed by atoms with Gasteiger partial charge < -0.3 is 14.8 Å². The largest absolute Gasteiger partial charge is 0.496 e. The molecule has 0 unspecified atom stereocenters. The number of hydrogen-bond donors (Lipinski definition) is 1. The minimum atomic E-state index is -0.361. The lowest BCUT2D eigenvalue weighted by atomic mass is 10.1. The van der Waals surface area contributed by atoms with Crippen molar-refractivity contribution in [3.8, 4) is 5.75 Å². The topological polar surface area (TPSA) is 50.8 Å². The van der Waals surface area contributed by atoms with Gasteiger partial charge in [-0.2, -0.15) is 0 Å². The lowest BCUT2D eigenvalue weighted by Gasteiger charge is -2.21. The minimum absolute atomic E-state index is 0.301. The summed E-state index contributed by atoms with van der Waals surface area (Å²) >= 11 is 0. The molecule has 0 saturated carbocycles. The number of ether oxygens (including phenoxy) is 2. The quantitative estimate of drug-likeness (QED) is 0.602. The standard InChI is InChI=1S/C22H30N2O3/c1-3-24(17-20-13-7-8-14-21(20)26-2)16-10-9-15-23-22(25)27-18-19-11-5-4-6-12-19/h4-8,11-14H,3,9-10,15-18H2,1-2H3,(H,23,25). The molecule has 146 valence electrons. The van der Waals surface area contributed by atoms with Gasteiger partial charge in [0, 0.05) is 18.7 Å². The van der Waals surface area contributed by atoms with Crippen LogP contribution >= 0.6 is 0 Å². The van der Waals surface area contributed by atoms with E-state index in [1.807, 2.05) is 48.5 Å². The van der Waals surface area contributed by atoms with Crippen LogP contribution in [0.4, 0.5) is 4.79 Å². The number of carbonyl (C=O) groups is 1. The summed E-state index contributed by atoms with van der Waals surface area (Å²) in [5, 5.41) is 2.81. The first-order valence-electron chi connectivity index (χ1n) is 9.51. The van der Waals surface area contributed by atoms with Gasteiger partial charge in [0.1, 0.15) is 12.4 Å². The van der Waals surface area contributed by atoms with Crippen molar-refractivity contribution < 1.29 is 14.3 Å². The average molecular weight is 370 g/mol. The van der Waals surface area contributed by atoms with E-state index < -0.39 is 0 Å². The number of hydrogen-bond acceptors (Lipinski definition) is 4. The summed E-state index contributed by atoms with van der Waals surface area (Å²) in [6, 6.07) is 17.8. The molecule has 0 aliphatic rings. The first-order valence-corrected chi connectivity index (χ1v) is 9.51. The second-order valence-corrected chi connectivity index (χ2v) is 6.38. The van der Waals surface area contributed by atoms with Crippen LogP contribution in [0.1, 0.15) is 30.9 Å². The Balaban J connectivity index is 1.61. The highest BCUT2D eigenvalue weighted by Crippen LogP contribution is 2.19. The van der Waals surface area contributed by atoms with Crippen LogP contribution in [0.15, 0.2) is 54.6 Å². The number of nitrogens with zero attached hydrogens (tertiary/aromatic N) is 1. The highest BCUT2D eigenvalue weighted by molar-refractivity contribution is 5.67. The van der Waals surface area contributed by atoms with E-state index in [0.717, 1.165) is 43.8 Å². The molecule has 1 amide bonds. The van der Waals surface area contributed by atoms with Crippen LogP contribution in [-0.4, -0.2) is 37.7 Å². The van der Waals surface area contributed by atoms with Gasteiger partial charge in [-0.25, -0.2) is 4.79 Å². The Morgan fingerprint density at radius 2 is 1.78 bits per heavy atom. The fourth-order valence-electron chi connectivity index (χ4n) is 2.85. The van der Waals surface area contributed by atoms with Crippen molar-refractivity contribution in [3.05, 3.63) is 65.7 Å². The molecule has 0 aliphatic carbocycles. The maximum Gasteiger partial charge on any atom is 0.407 e. The monoisotopic (exact) mass is 370 g/mol. The molecule has 1 N–H and O–H groups in total. The molecule has 0 saturated heterocycles. The van der Waals surface area contributed by atoms with Gasteiger partial charge in [-0.3, -0.25) is 4.90 Å². The van der Waals surface area contributed by atoms with Crippen LogP contribution < -0.4 is 10.1 Å². The first-order chi connectivity index (χ1) is 13.2. The molecule has 0 heterocycles. The van der Waals surface area contributed by atoms with Crippen molar-refractivity contribution in [2.45, 2.75) is 32.9 Å². The summed E-state index contributed by atoms with van der Waals surface area (Å²) < 4.78 is 10.6. The average Bonchev–Trinajstić information content (AvgIpc) is 2.72. The van der Waals surface area contributed by atoms with Crippen LogP contribution in [0.25, 0.3) is 0 Å². The number of unbranched alkanes of at least 4 members (excludes halogenated alkanes) is 1. The predicted octanol–water partition coefficient (Wildman–Crippen LogP) is 4.22. The van der Waals surface area contributed by atoms with Crippen LogP contribution in [0.3, 0.4) is 0 Å². The molecule has 2 rings (SSSR count). The number of rotatable bonds is 11. The predicted molar refractivity (Wildman–Crippen MR) is 108 cm³/mol. The fourth-order valence-corrected chi connectivity index (χ4v) is 2.85. The Bertz CT molecular complexity index is 676. The van der Waals surface area contributed by atoms with Gasteiger partial charge in [-0.05, 0) is 37.6 Å². The summed E-state index contributed by atoms with van der Waals surface area (Å²) in [7, 11) is 1.71. The maximum absolute atomic E-state index is 11.7. The zero-order chi connectivity index (χ0) is 19.3. The van der Waals surface area contributed by atoms with E-state index in [4.69, 9.17) is 9.47 Å². The van der Waals surface area contributed by atoms with Gasteiger partial charge in [0.2, 0.25) is 0 Å². The Hall–Kier alpha value is -2.53. The Labute approximate surface area is 162 Å². The maximum atomic E-state index is 11.7. The Morgan fingerprint density at radius 3 is 2.52 bits per heavy atom. The van der Waals surface area contributed by atoms with Gasteiger partial charge in [0.25, 0.3) is 0 Å². The molecular formula is C22H30N2O3. The zero-order valence-corrected chi connectivity index (χ0v) is 16.3. The van der Waals surface area contributed by atoms with E-state index >= 15 is 0 Å². The number of carbonyl (C=O) groups excluding carboxylic acids is 1. The number of amides is 1. The highest BCUT2D eigenvalue weighted by atomic mass is 16.5. The zero-order valence-electron chi connectivity index (χ0n) is 16.3. The van der Waals surface area contributed by atoms with Gasteiger partial charge in [-0.15, -0.1) is 0 Å². The summed E-state index contributed by atoms with van der Waals surface area (Å²) in [6.07, 6.45) is 1.57. The van der Waals surface area contributed by atoms with Gasteiger partial charge in [0.05, 0.1) is 7.11 Å². The van der Waals surface area contributed by atoms with E-state index in [1.165, 1.54) is 5.56 Å². The summed E-state index contributed by atoms with van der Waals surface area (Å²) in [4.78, 5) is 14.1. The third-order valence-corrected chi connectivity index (χ3v) is 4.42. The lowest BCUT2D eigenvalue weighted by molar-refractivity contribution is 0.139. The first kappa shape index (κ1) is 20.8. The van der Waals surface area contributed by atoms with Crippen LogP contribution in [0, 0.1) is 0 Å². The number of alkyl carbamates (subject to hydrolysis) is 1. The third-order valence-electron chi connectivity index (χ3n) is 4.42. The minimum Gasteiger partial charge on any atom is -0.496 e. The molecule has 0 aliphatic heterocycles. The molecule has 5 heteroatoms. The molecule has 0 bridgehead atoms. The van der Waals surface area contributed by atoms with Crippen LogP contribution in [0.2, 0.25) is 0 Å². The molecule has 0 fully saturated rings. The molecule has 0 radical (unpaired) electrons. The van der Waals surface area contributed by atoms with Crippen LogP contribution in [-0.2, 0) is 17.9 Å². The second kappa shape index (κ2) is 12.0. The normalized spacial score (nSPS) is 10.6. The molecule has 0 aromatic heterocycles. The number of methoxy groups -OCH3 is 1. The molecule has 27 heavy (non-hydrogen) atoms. The molecule has 5 nitrogen and oxygen atoms in total. The fraction of sp³-hybridized carbons (Fsp3) is 0.409. The summed E-state index contributed by atoms with van der Waals surface area (Å²) in [5.41, 5.74) is 2.19. The van der Waals surface area contributed by atoms with E-state index in [1.54, 1.807) is 7.11 Å². The number of benzene rings is 2. The molecule has 0 atom stereocenters. The second-order valence-electron chi connectivity index (χ2n) is 6.38. The summed E-state index contributed by atoms with van der Waals surface area (Å²) in [5.74, 6) is 0.929. The number of para-hydroxylation sites is 1. The Morgan fingerprint density at radius 1 is 1.04 bits per heavy atom. The third kappa shape index (κ3) is 7.71. The van der Waals surface area contributed by atoms with Crippen molar-refractivity contribution >= 4 is 6.09 Å². The lowest BCUT2D eigenvalue weighted by Crippen LogP contribution is -2.27. The molecule has 2 aromatic rings. The highest BCUT2D eigenvalue weighted by Gasteiger charge is 2.08. The van der Waals surface area contributed by atoms with E-state index in [0.29, 0.717) is 13.2 Å². The smallest absolute Gasteiger partial charge is 0.407 e. The van der Waals surface area contributed by atoms with Crippen LogP contribution in [0.5, 0.6) is 5.75 Å². The van der Waals surface area contributed by atoms with E-state index in [-0.39, 0.29) is 6.09 Å². The van der Waals surface area contributed by atoms with Gasteiger partial charge in [-0.1, -0.05) is 55.5 Å². The van der Waals surface area contributed by atoms with E-state index in [2.05, 4.69) is 23.2 Å². The van der Waals surface area contributed by atoms with Gasteiger partial charge >= 0.3 is 6.09 Å². The number of nitrogens with one attached hydrogen (secondary N) is 1. The molecular weight excluding hydrogens is 340 g/mol. The van der Waals surface area contributed by atoms with E-state index in [9.17, 15) is 4.79 Å². The Kier molecular flexibility index (Phi) is 9.21. The molecule has 0 spiro atoms. The SMILES string of the molecule is CCN(CCCCNC(=O)OCc1ccccc1)Cc1ccccc1OC. The summed E-state index contributed by atoms with van der Waals surface area (Å²) in [6.45, 7) is 5.91. The van der Waals surface area contributed by atoms with Crippen molar-refractivity contribution in [2.24, 2.45) is 0 Å². The van der Waals surface area contributed by atoms with Crippen molar-refractivity contribution in [1.29, 1.82) is 0 Å². The van der Waals surface area contributed by atoms with Crippen molar-refractivity contribution in [1.82, 2.24) is 10.2 Å².